The van der Waals surface area contributed by atoms with Gasteiger partial charge in [0.2, 0.25) is 0 Å². The maximum absolute atomic E-state index is 13.0. The molecular formula is C12H13ClFN3O2. The lowest BCUT2D eigenvalue weighted by molar-refractivity contribution is 0.241. The van der Waals surface area contributed by atoms with Crippen molar-refractivity contribution in [3.8, 4) is 5.75 Å². The number of nitrogens with zero attached hydrogens (tertiary/aromatic N) is 2. The van der Waals surface area contributed by atoms with Crippen LogP contribution in [0.2, 0.25) is 5.02 Å². The Morgan fingerprint density at radius 2 is 2.21 bits per heavy atom. The molecule has 0 spiro atoms. The molecule has 0 saturated heterocycles. The van der Waals surface area contributed by atoms with Crippen molar-refractivity contribution in [2.45, 2.75) is 26.0 Å². The summed E-state index contributed by atoms with van der Waals surface area (Å²) in [5, 5.41) is 3.75. The van der Waals surface area contributed by atoms with Gasteiger partial charge in [0.05, 0.1) is 10.6 Å². The second-order valence-electron chi connectivity index (χ2n) is 4.60. The molecule has 0 saturated carbocycles. The van der Waals surface area contributed by atoms with Crippen LogP contribution in [0.5, 0.6) is 5.75 Å². The topological polar surface area (TPSA) is 74.2 Å². The van der Waals surface area contributed by atoms with Crippen molar-refractivity contribution in [2.24, 2.45) is 5.73 Å². The number of benzene rings is 1. The van der Waals surface area contributed by atoms with Crippen LogP contribution < -0.4 is 10.5 Å². The van der Waals surface area contributed by atoms with Crippen molar-refractivity contribution < 1.29 is 13.7 Å². The molecule has 7 heteroatoms. The third-order valence-corrected chi connectivity index (χ3v) is 2.59. The lowest BCUT2D eigenvalue weighted by atomic mass is 10.1. The number of halogens is 2. The molecule has 0 unspecified atom stereocenters. The number of hydrogen-bond acceptors (Lipinski definition) is 5. The highest BCUT2D eigenvalue weighted by atomic mass is 35.5. The summed E-state index contributed by atoms with van der Waals surface area (Å²) >= 11 is 5.64. The third-order valence-electron chi connectivity index (χ3n) is 2.30. The van der Waals surface area contributed by atoms with Crippen LogP contribution in [0, 0.1) is 5.82 Å². The average molecular weight is 286 g/mol. The molecule has 2 rings (SSSR count). The molecule has 1 aromatic heterocycles. The summed E-state index contributed by atoms with van der Waals surface area (Å²) in [6.45, 7) is 3.59. The van der Waals surface area contributed by atoms with E-state index in [4.69, 9.17) is 26.6 Å². The van der Waals surface area contributed by atoms with Crippen molar-refractivity contribution in [1.82, 2.24) is 10.1 Å². The van der Waals surface area contributed by atoms with E-state index < -0.39 is 11.4 Å². The standard InChI is InChI=1S/C12H13ClFN3O2/c1-12(2,15)11-16-10(19-17-11)6-18-7-3-4-9(14)8(13)5-7/h3-5H,6,15H2,1-2H3. The van der Waals surface area contributed by atoms with E-state index in [1.165, 1.54) is 18.2 Å². The van der Waals surface area contributed by atoms with Gasteiger partial charge >= 0.3 is 0 Å². The van der Waals surface area contributed by atoms with Crippen molar-refractivity contribution in [3.05, 3.63) is 40.8 Å². The Bertz CT molecular complexity index is 581. The summed E-state index contributed by atoms with van der Waals surface area (Å²) in [5.41, 5.74) is 5.15. The molecule has 0 atom stereocenters. The van der Waals surface area contributed by atoms with Crippen LogP contribution >= 0.6 is 11.6 Å². The summed E-state index contributed by atoms with van der Waals surface area (Å²) in [6, 6.07) is 4.06. The Morgan fingerprint density at radius 3 is 2.79 bits per heavy atom. The fraction of sp³-hybridized carbons (Fsp3) is 0.333. The third kappa shape index (κ3) is 3.42. The van der Waals surface area contributed by atoms with Crippen molar-refractivity contribution in [1.29, 1.82) is 0 Å². The highest BCUT2D eigenvalue weighted by Gasteiger charge is 2.21. The van der Waals surface area contributed by atoms with Gasteiger partial charge in [-0.15, -0.1) is 0 Å². The molecule has 0 fully saturated rings. The zero-order valence-electron chi connectivity index (χ0n) is 10.5. The van der Waals surface area contributed by atoms with E-state index in [9.17, 15) is 4.39 Å². The van der Waals surface area contributed by atoms with Crippen LogP contribution in [0.1, 0.15) is 25.6 Å². The Labute approximate surface area is 114 Å². The smallest absolute Gasteiger partial charge is 0.264 e. The number of nitrogens with two attached hydrogens (primary N) is 1. The molecule has 2 N–H and O–H groups in total. The summed E-state index contributed by atoms with van der Waals surface area (Å²) in [4.78, 5) is 4.10. The van der Waals surface area contributed by atoms with Gasteiger partial charge in [0.1, 0.15) is 11.6 Å². The van der Waals surface area contributed by atoms with Crippen molar-refractivity contribution in [3.63, 3.8) is 0 Å². The van der Waals surface area contributed by atoms with E-state index >= 15 is 0 Å². The molecule has 0 amide bonds. The molecule has 0 aliphatic rings. The van der Waals surface area contributed by atoms with Crippen LogP contribution in [0.4, 0.5) is 4.39 Å². The fourth-order valence-electron chi connectivity index (χ4n) is 1.29. The monoisotopic (exact) mass is 285 g/mol. The van der Waals surface area contributed by atoms with E-state index in [0.29, 0.717) is 11.6 Å². The zero-order valence-corrected chi connectivity index (χ0v) is 11.2. The van der Waals surface area contributed by atoms with Crippen LogP contribution in [0.3, 0.4) is 0 Å². The number of rotatable bonds is 4. The second-order valence-corrected chi connectivity index (χ2v) is 5.01. The molecule has 2 aromatic rings. The van der Waals surface area contributed by atoms with Gasteiger partial charge in [-0.25, -0.2) is 4.39 Å². The van der Waals surface area contributed by atoms with Crippen LogP contribution in [0.25, 0.3) is 0 Å². The predicted molar refractivity (Wildman–Crippen MR) is 67.3 cm³/mol. The molecule has 1 heterocycles. The summed E-state index contributed by atoms with van der Waals surface area (Å²) in [7, 11) is 0. The molecule has 0 aliphatic carbocycles. The Hall–Kier alpha value is -1.66. The normalized spacial score (nSPS) is 11.6. The first-order valence-electron chi connectivity index (χ1n) is 5.56. The van der Waals surface area contributed by atoms with Gasteiger partial charge in [0.25, 0.3) is 5.89 Å². The summed E-state index contributed by atoms with van der Waals surface area (Å²) in [6.07, 6.45) is 0. The maximum atomic E-state index is 13.0. The highest BCUT2D eigenvalue weighted by molar-refractivity contribution is 6.30. The zero-order chi connectivity index (χ0) is 14.0. The minimum absolute atomic E-state index is 0.00758. The molecule has 5 nitrogen and oxygen atoms in total. The fourth-order valence-corrected chi connectivity index (χ4v) is 1.46. The molecular weight excluding hydrogens is 273 g/mol. The highest BCUT2D eigenvalue weighted by Crippen LogP contribution is 2.22. The van der Waals surface area contributed by atoms with E-state index in [0.717, 1.165) is 0 Å². The molecule has 0 aliphatic heterocycles. The minimum Gasteiger partial charge on any atom is -0.484 e. The molecule has 0 radical (unpaired) electrons. The van der Waals surface area contributed by atoms with Gasteiger partial charge in [-0.05, 0) is 26.0 Å². The molecule has 102 valence electrons. The van der Waals surface area contributed by atoms with Crippen molar-refractivity contribution in [2.75, 3.05) is 0 Å². The Morgan fingerprint density at radius 1 is 1.47 bits per heavy atom. The number of hydrogen-bond donors (Lipinski definition) is 1. The lowest BCUT2D eigenvalue weighted by Gasteiger charge is -2.11. The largest absolute Gasteiger partial charge is 0.484 e. The average Bonchev–Trinajstić information content (AvgIpc) is 2.79. The maximum Gasteiger partial charge on any atom is 0.264 e. The Kier molecular flexibility index (Phi) is 3.73. The van der Waals surface area contributed by atoms with Crippen LogP contribution in [0.15, 0.2) is 22.7 Å². The Balaban J connectivity index is 2.02. The molecule has 0 bridgehead atoms. The second kappa shape index (κ2) is 5.14. The van der Waals surface area contributed by atoms with Gasteiger partial charge in [-0.1, -0.05) is 16.8 Å². The van der Waals surface area contributed by atoms with Crippen LogP contribution in [-0.2, 0) is 12.1 Å². The first kappa shape index (κ1) is 13.8. The first-order chi connectivity index (χ1) is 8.86. The van der Waals surface area contributed by atoms with Gasteiger partial charge in [-0.3, -0.25) is 0 Å². The van der Waals surface area contributed by atoms with E-state index in [2.05, 4.69) is 10.1 Å². The lowest BCUT2D eigenvalue weighted by Crippen LogP contribution is -2.30. The summed E-state index contributed by atoms with van der Waals surface area (Å²) in [5.74, 6) is 0.592. The first-order valence-corrected chi connectivity index (χ1v) is 5.94. The number of ether oxygens (including phenoxy) is 1. The van der Waals surface area contributed by atoms with Gasteiger partial charge in [0, 0.05) is 6.07 Å². The van der Waals surface area contributed by atoms with Crippen molar-refractivity contribution >= 4 is 11.6 Å². The van der Waals surface area contributed by atoms with Gasteiger partial charge in [0.15, 0.2) is 12.4 Å². The van der Waals surface area contributed by atoms with E-state index in [1.807, 2.05) is 0 Å². The van der Waals surface area contributed by atoms with Gasteiger partial charge in [-0.2, -0.15) is 4.98 Å². The van der Waals surface area contributed by atoms with Crippen LogP contribution in [-0.4, -0.2) is 10.1 Å². The predicted octanol–water partition coefficient (Wildman–Crippen LogP) is 2.63. The number of aromatic nitrogens is 2. The minimum atomic E-state index is -0.680. The quantitative estimate of drug-likeness (QED) is 0.935. The van der Waals surface area contributed by atoms with E-state index in [-0.39, 0.29) is 17.5 Å². The summed E-state index contributed by atoms with van der Waals surface area (Å²) < 4.78 is 23.3. The molecule has 1 aromatic carbocycles. The van der Waals surface area contributed by atoms with E-state index in [1.54, 1.807) is 13.8 Å². The van der Waals surface area contributed by atoms with Gasteiger partial charge < -0.3 is 15.0 Å². The molecule has 19 heavy (non-hydrogen) atoms. The SMILES string of the molecule is CC(C)(N)c1noc(COc2ccc(F)c(Cl)c2)n1.